The Morgan fingerprint density at radius 2 is 2.06 bits per heavy atom. The molecule has 2 atom stereocenters. The second kappa shape index (κ2) is 9.31. The van der Waals surface area contributed by atoms with Gasteiger partial charge in [0.25, 0.3) is 0 Å². The van der Waals surface area contributed by atoms with Crippen molar-refractivity contribution in [1.29, 1.82) is 0 Å². The third-order valence-corrected chi connectivity index (χ3v) is 5.94. The van der Waals surface area contributed by atoms with Crippen LogP contribution in [-0.2, 0) is 11.3 Å². The molecule has 0 aliphatic carbocycles. The first-order chi connectivity index (χ1) is 15.1. The quantitative estimate of drug-likeness (QED) is 0.547. The van der Waals surface area contributed by atoms with Gasteiger partial charge in [0, 0.05) is 43.3 Å². The molecule has 7 heteroatoms. The third-order valence-electron chi connectivity index (χ3n) is 5.59. The van der Waals surface area contributed by atoms with E-state index < -0.39 is 0 Å². The van der Waals surface area contributed by atoms with Crippen molar-refractivity contribution in [1.82, 2.24) is 19.8 Å². The minimum absolute atomic E-state index is 0.0284. The van der Waals surface area contributed by atoms with Gasteiger partial charge in [-0.15, -0.1) is 0 Å². The van der Waals surface area contributed by atoms with Crippen LogP contribution in [0.4, 0.5) is 5.69 Å². The van der Waals surface area contributed by atoms with Gasteiger partial charge in [0.2, 0.25) is 5.91 Å². The van der Waals surface area contributed by atoms with Gasteiger partial charge in [-0.25, -0.2) is 0 Å². The maximum atomic E-state index is 12.6. The van der Waals surface area contributed by atoms with Crippen molar-refractivity contribution in [3.63, 3.8) is 0 Å². The fourth-order valence-corrected chi connectivity index (χ4v) is 4.45. The number of nitrogens with one attached hydrogen (secondary N) is 2. The van der Waals surface area contributed by atoms with Gasteiger partial charge in [-0.1, -0.05) is 18.2 Å². The first-order valence-corrected chi connectivity index (χ1v) is 11.0. The highest BCUT2D eigenvalue weighted by Crippen LogP contribution is 2.38. The largest absolute Gasteiger partial charge is 0.352 e. The van der Waals surface area contributed by atoms with E-state index in [1.54, 1.807) is 6.20 Å². The molecule has 2 aromatic heterocycles. The standard InChI is InChI=1S/C24H27N5OS/c1-3-28-14-7-11-20(28)23-22(19-10-4-5-13-25-19)27-24(31)29(23)15-12-21(30)26-18-9-6-8-17(2)16-18/h4-11,13-14,16,22-23H,3,12,15H2,1-2H3,(H,26,30)(H,27,31)/t22-,23+/m1/s1. The molecule has 1 amide bonds. The number of carbonyl (C=O) groups excluding carboxylic acids is 1. The van der Waals surface area contributed by atoms with E-state index in [2.05, 4.69) is 50.3 Å². The minimum Gasteiger partial charge on any atom is -0.352 e. The van der Waals surface area contributed by atoms with Crippen molar-refractivity contribution >= 4 is 28.9 Å². The van der Waals surface area contributed by atoms with Crippen molar-refractivity contribution in [2.75, 3.05) is 11.9 Å². The highest BCUT2D eigenvalue weighted by molar-refractivity contribution is 7.80. The lowest BCUT2D eigenvalue weighted by atomic mass is 10.0. The van der Waals surface area contributed by atoms with Crippen LogP contribution >= 0.6 is 12.2 Å². The number of hydrogen-bond donors (Lipinski definition) is 2. The Hall–Kier alpha value is -3.19. The molecule has 0 unspecified atom stereocenters. The van der Waals surface area contributed by atoms with E-state index in [9.17, 15) is 4.79 Å². The molecular weight excluding hydrogens is 406 g/mol. The molecule has 1 aliphatic heterocycles. The summed E-state index contributed by atoms with van der Waals surface area (Å²) in [6.07, 6.45) is 4.22. The lowest BCUT2D eigenvalue weighted by Crippen LogP contribution is -2.33. The highest BCUT2D eigenvalue weighted by atomic mass is 32.1. The number of carbonyl (C=O) groups is 1. The van der Waals surface area contributed by atoms with Crippen LogP contribution < -0.4 is 10.6 Å². The number of aromatic nitrogens is 2. The van der Waals surface area contributed by atoms with Gasteiger partial charge < -0.3 is 20.1 Å². The van der Waals surface area contributed by atoms with Crippen LogP contribution in [0.15, 0.2) is 67.0 Å². The van der Waals surface area contributed by atoms with Crippen molar-refractivity contribution < 1.29 is 4.79 Å². The summed E-state index contributed by atoms with van der Waals surface area (Å²) >= 11 is 5.69. The van der Waals surface area contributed by atoms with E-state index in [1.165, 1.54) is 0 Å². The molecular formula is C24H27N5OS. The Morgan fingerprint density at radius 3 is 2.81 bits per heavy atom. The van der Waals surface area contributed by atoms with Crippen molar-refractivity contribution in [2.24, 2.45) is 0 Å². The molecule has 1 saturated heterocycles. The van der Waals surface area contributed by atoms with E-state index in [0.717, 1.165) is 29.2 Å². The van der Waals surface area contributed by atoms with Gasteiger partial charge in [-0.05, 0) is 68.0 Å². The van der Waals surface area contributed by atoms with Crippen LogP contribution in [0, 0.1) is 6.92 Å². The van der Waals surface area contributed by atoms with Crippen LogP contribution in [-0.4, -0.2) is 32.0 Å². The second-order valence-corrected chi connectivity index (χ2v) is 8.09. The Kier molecular flexibility index (Phi) is 6.32. The molecule has 3 aromatic rings. The molecule has 0 bridgehead atoms. The summed E-state index contributed by atoms with van der Waals surface area (Å²) in [6.45, 7) is 5.52. The Labute approximate surface area is 188 Å². The average Bonchev–Trinajstić information content (AvgIpc) is 3.36. The van der Waals surface area contributed by atoms with Gasteiger partial charge in [0.05, 0.1) is 17.8 Å². The summed E-state index contributed by atoms with van der Waals surface area (Å²) in [5.74, 6) is -0.0284. The van der Waals surface area contributed by atoms with Gasteiger partial charge in [-0.2, -0.15) is 0 Å². The summed E-state index contributed by atoms with van der Waals surface area (Å²) in [4.78, 5) is 19.3. The second-order valence-electron chi connectivity index (χ2n) is 7.71. The first-order valence-electron chi connectivity index (χ1n) is 10.6. The zero-order valence-corrected chi connectivity index (χ0v) is 18.6. The van der Waals surface area contributed by atoms with Crippen LogP contribution in [0.3, 0.4) is 0 Å². The fraction of sp³-hybridized carbons (Fsp3) is 0.292. The Balaban J connectivity index is 1.54. The molecule has 0 radical (unpaired) electrons. The maximum absolute atomic E-state index is 12.6. The van der Waals surface area contributed by atoms with Gasteiger partial charge in [-0.3, -0.25) is 9.78 Å². The molecule has 2 N–H and O–H groups in total. The maximum Gasteiger partial charge on any atom is 0.226 e. The SMILES string of the molecule is CCn1cccc1[C@H]1[C@@H](c2ccccn2)NC(=S)N1CCC(=O)Nc1cccc(C)c1. The van der Waals surface area contributed by atoms with E-state index in [0.29, 0.717) is 18.1 Å². The van der Waals surface area contributed by atoms with E-state index >= 15 is 0 Å². The van der Waals surface area contributed by atoms with Gasteiger partial charge in [0.15, 0.2) is 5.11 Å². The van der Waals surface area contributed by atoms with Gasteiger partial charge in [0.1, 0.15) is 0 Å². The number of rotatable bonds is 7. The molecule has 0 spiro atoms. The summed E-state index contributed by atoms with van der Waals surface area (Å²) in [5, 5.41) is 7.08. The molecule has 160 valence electrons. The molecule has 1 fully saturated rings. The summed E-state index contributed by atoms with van der Waals surface area (Å²) in [5.41, 5.74) is 4.02. The monoisotopic (exact) mass is 433 g/mol. The number of benzene rings is 1. The predicted molar refractivity (Wildman–Crippen MR) is 127 cm³/mol. The first kappa shape index (κ1) is 21.1. The van der Waals surface area contributed by atoms with E-state index in [1.807, 2.05) is 49.4 Å². The number of amides is 1. The predicted octanol–water partition coefficient (Wildman–Crippen LogP) is 4.21. The summed E-state index contributed by atoms with van der Waals surface area (Å²) < 4.78 is 2.22. The van der Waals surface area contributed by atoms with Crippen LogP contribution in [0.25, 0.3) is 0 Å². The Morgan fingerprint density at radius 1 is 1.19 bits per heavy atom. The summed E-state index contributed by atoms with van der Waals surface area (Å²) in [6, 6.07) is 17.8. The van der Waals surface area contributed by atoms with E-state index in [4.69, 9.17) is 12.2 Å². The zero-order chi connectivity index (χ0) is 21.8. The van der Waals surface area contributed by atoms with Crippen LogP contribution in [0.1, 0.15) is 42.4 Å². The topological polar surface area (TPSA) is 62.2 Å². The highest BCUT2D eigenvalue weighted by Gasteiger charge is 2.40. The molecule has 1 aliphatic rings. The number of aryl methyl sites for hydroxylation is 2. The normalized spacial score (nSPS) is 18.1. The van der Waals surface area contributed by atoms with Gasteiger partial charge >= 0.3 is 0 Å². The number of anilines is 1. The van der Waals surface area contributed by atoms with Crippen LogP contribution in [0.2, 0.25) is 0 Å². The van der Waals surface area contributed by atoms with Crippen molar-refractivity contribution in [3.05, 3.63) is 83.9 Å². The Bertz CT molecular complexity index is 1060. The molecule has 3 heterocycles. The fourth-order valence-electron chi connectivity index (χ4n) is 4.12. The number of hydrogen-bond acceptors (Lipinski definition) is 3. The summed E-state index contributed by atoms with van der Waals surface area (Å²) in [7, 11) is 0. The smallest absolute Gasteiger partial charge is 0.226 e. The molecule has 31 heavy (non-hydrogen) atoms. The lowest BCUT2D eigenvalue weighted by molar-refractivity contribution is -0.116. The number of pyridine rings is 1. The van der Waals surface area contributed by atoms with Crippen molar-refractivity contribution in [3.8, 4) is 0 Å². The molecule has 4 rings (SSSR count). The lowest BCUT2D eigenvalue weighted by Gasteiger charge is -2.28. The average molecular weight is 434 g/mol. The van der Waals surface area contributed by atoms with Crippen LogP contribution in [0.5, 0.6) is 0 Å². The third kappa shape index (κ3) is 4.61. The van der Waals surface area contributed by atoms with Crippen molar-refractivity contribution in [2.45, 2.75) is 38.9 Å². The molecule has 6 nitrogen and oxygen atoms in total. The molecule has 1 aromatic carbocycles. The number of nitrogens with zero attached hydrogens (tertiary/aromatic N) is 3. The zero-order valence-electron chi connectivity index (χ0n) is 17.8. The molecule has 0 saturated carbocycles. The number of thiocarbonyl (C=S) groups is 1. The van der Waals surface area contributed by atoms with E-state index in [-0.39, 0.29) is 18.0 Å². The minimum atomic E-state index is -0.0752.